The third-order valence-electron chi connectivity index (χ3n) is 4.07. The van der Waals surface area contributed by atoms with Crippen LogP contribution in [0.3, 0.4) is 0 Å². The fourth-order valence-electron chi connectivity index (χ4n) is 2.71. The number of hydrogen-bond acceptors (Lipinski definition) is 4. The second-order valence-corrected chi connectivity index (χ2v) is 5.83. The van der Waals surface area contributed by atoms with Crippen LogP contribution in [0.2, 0.25) is 0 Å². The molecule has 0 radical (unpaired) electrons. The van der Waals surface area contributed by atoms with E-state index in [4.69, 9.17) is 0 Å². The Kier molecular flexibility index (Phi) is 7.45. The molecule has 0 bridgehead atoms. The molecule has 1 aromatic heterocycles. The number of ketones is 1. The van der Waals surface area contributed by atoms with Crippen LogP contribution < -0.4 is 10.6 Å². The van der Waals surface area contributed by atoms with E-state index in [0.29, 0.717) is 18.7 Å². The average Bonchev–Trinajstić information content (AvgIpc) is 2.89. The Morgan fingerprint density at radius 2 is 1.92 bits per heavy atom. The molecule has 0 saturated carbocycles. The summed E-state index contributed by atoms with van der Waals surface area (Å²) in [5, 5.41) is 5.34. The molecule has 0 aromatic carbocycles. The van der Waals surface area contributed by atoms with Gasteiger partial charge in [0.2, 0.25) is 0 Å². The van der Waals surface area contributed by atoms with Crippen molar-refractivity contribution in [2.24, 2.45) is 7.05 Å². The lowest BCUT2D eigenvalue weighted by atomic mass is 10.2. The molecule has 1 unspecified atom stereocenters. The molecule has 10 heteroatoms. The summed E-state index contributed by atoms with van der Waals surface area (Å²) in [6, 6.07) is -0.346. The van der Waals surface area contributed by atoms with Gasteiger partial charge >= 0.3 is 6.18 Å². The van der Waals surface area contributed by atoms with Crippen LogP contribution >= 0.6 is 12.4 Å². The number of hydrogen-bond donors (Lipinski definition) is 2. The van der Waals surface area contributed by atoms with E-state index in [1.165, 1.54) is 28.7 Å². The van der Waals surface area contributed by atoms with Crippen LogP contribution in [0.25, 0.3) is 0 Å². The number of nitrogens with zero attached hydrogens (tertiary/aromatic N) is 2. The predicted octanol–water partition coefficient (Wildman–Crippen LogP) is 1.22. The van der Waals surface area contributed by atoms with Crippen molar-refractivity contribution < 1.29 is 22.8 Å². The first-order chi connectivity index (χ1) is 11.2. The summed E-state index contributed by atoms with van der Waals surface area (Å²) in [5.41, 5.74) is 0.499. The van der Waals surface area contributed by atoms with Gasteiger partial charge in [-0.15, -0.1) is 12.4 Å². The monoisotopic (exact) mass is 382 g/mol. The predicted molar refractivity (Wildman–Crippen MR) is 89.3 cm³/mol. The van der Waals surface area contributed by atoms with Crippen LogP contribution in [0, 0.1) is 0 Å². The van der Waals surface area contributed by atoms with Crippen molar-refractivity contribution in [1.82, 2.24) is 20.1 Å². The molecule has 2 rings (SSSR count). The van der Waals surface area contributed by atoms with Crippen molar-refractivity contribution in [2.75, 3.05) is 32.7 Å². The summed E-state index contributed by atoms with van der Waals surface area (Å²) in [7, 11) is 1.57. The molecule has 1 atom stereocenters. The zero-order valence-corrected chi connectivity index (χ0v) is 14.8. The first kappa shape index (κ1) is 21.5. The highest BCUT2D eigenvalue weighted by molar-refractivity contribution is 5.99. The first-order valence-electron chi connectivity index (χ1n) is 7.67. The molecule has 6 nitrogen and oxygen atoms in total. The van der Waals surface area contributed by atoms with Gasteiger partial charge in [0.05, 0.1) is 0 Å². The van der Waals surface area contributed by atoms with E-state index in [0.717, 1.165) is 0 Å². The molecule has 25 heavy (non-hydrogen) atoms. The van der Waals surface area contributed by atoms with Gasteiger partial charge in [-0.2, -0.15) is 13.2 Å². The van der Waals surface area contributed by atoms with E-state index in [-0.39, 0.29) is 37.0 Å². The molecule has 2 heterocycles. The van der Waals surface area contributed by atoms with Gasteiger partial charge < -0.3 is 15.2 Å². The number of aryl methyl sites for hydroxylation is 1. The van der Waals surface area contributed by atoms with E-state index >= 15 is 0 Å². The topological polar surface area (TPSA) is 66.4 Å². The van der Waals surface area contributed by atoms with Gasteiger partial charge in [0, 0.05) is 51.5 Å². The normalized spacial score (nSPS) is 16.8. The lowest BCUT2D eigenvalue weighted by Crippen LogP contribution is -2.57. The maximum atomic E-state index is 13.3. The third kappa shape index (κ3) is 5.45. The maximum Gasteiger partial charge on any atom is 0.405 e. The Balaban J connectivity index is 0.00000312. The van der Waals surface area contributed by atoms with E-state index in [1.807, 2.05) is 0 Å². The highest BCUT2D eigenvalue weighted by Crippen LogP contribution is 2.24. The van der Waals surface area contributed by atoms with Gasteiger partial charge in [-0.05, 0) is 13.0 Å². The van der Waals surface area contributed by atoms with E-state index < -0.39 is 24.7 Å². The summed E-state index contributed by atoms with van der Waals surface area (Å²) in [6.45, 7) is 2.36. The van der Waals surface area contributed by atoms with Crippen LogP contribution in [0.1, 0.15) is 27.8 Å². The molecule has 0 spiro atoms. The zero-order valence-electron chi connectivity index (χ0n) is 14.0. The molecular weight excluding hydrogens is 361 g/mol. The highest BCUT2D eigenvalue weighted by atomic mass is 35.5. The van der Waals surface area contributed by atoms with Gasteiger partial charge in [-0.3, -0.25) is 14.5 Å². The van der Waals surface area contributed by atoms with Crippen LogP contribution in [0.15, 0.2) is 12.3 Å². The van der Waals surface area contributed by atoms with Crippen LogP contribution in [-0.2, 0) is 7.05 Å². The number of Topliss-reactive ketones (excluding diaryl/α,β-unsaturated/α-hetero) is 1. The minimum atomic E-state index is -4.43. The Morgan fingerprint density at radius 3 is 2.40 bits per heavy atom. The van der Waals surface area contributed by atoms with Crippen molar-refractivity contribution in [3.05, 3.63) is 23.5 Å². The van der Waals surface area contributed by atoms with Crippen LogP contribution in [-0.4, -0.2) is 66.1 Å². The molecule has 0 aliphatic carbocycles. The minimum absolute atomic E-state index is 0. The van der Waals surface area contributed by atoms with Gasteiger partial charge in [0.15, 0.2) is 5.78 Å². The van der Waals surface area contributed by atoms with Gasteiger partial charge in [-0.25, -0.2) is 0 Å². The first-order valence-corrected chi connectivity index (χ1v) is 7.67. The Hall–Kier alpha value is -1.58. The minimum Gasteiger partial charge on any atom is -0.349 e. The molecule has 1 fully saturated rings. The molecule has 2 N–H and O–H groups in total. The van der Waals surface area contributed by atoms with Crippen LogP contribution in [0.5, 0.6) is 0 Å². The second kappa shape index (κ2) is 8.68. The Labute approximate surface area is 150 Å². The number of aromatic nitrogens is 1. The Morgan fingerprint density at radius 1 is 1.32 bits per heavy atom. The third-order valence-corrected chi connectivity index (χ3v) is 4.07. The van der Waals surface area contributed by atoms with Crippen molar-refractivity contribution in [3.63, 3.8) is 0 Å². The molecule has 1 aliphatic rings. The number of halogens is 4. The number of carbonyl (C=O) groups excluding carboxylic acids is 2. The van der Waals surface area contributed by atoms with Crippen molar-refractivity contribution in [3.8, 4) is 0 Å². The van der Waals surface area contributed by atoms with Crippen molar-refractivity contribution in [1.29, 1.82) is 0 Å². The fourth-order valence-corrected chi connectivity index (χ4v) is 2.71. The molecule has 142 valence electrons. The van der Waals surface area contributed by atoms with E-state index in [9.17, 15) is 22.8 Å². The molecule has 1 saturated heterocycles. The number of nitrogens with one attached hydrogen (secondary N) is 2. The number of alkyl halides is 3. The number of rotatable bonds is 5. The molecule has 1 amide bonds. The standard InChI is InChI=1S/C15H21F3N4O2.ClH/c1-10(23)11-7-12(21(2)9-11)14(24)20-8-13(15(16,17)18)22-5-3-19-4-6-22;/h7,9,13,19H,3-6,8H2,1-2H3,(H,20,24);1H. The SMILES string of the molecule is CC(=O)c1cc(C(=O)NCC(N2CCNCC2)C(F)(F)F)n(C)c1.Cl. The summed E-state index contributed by atoms with van der Waals surface area (Å²) in [6.07, 6.45) is -2.95. The summed E-state index contributed by atoms with van der Waals surface area (Å²) in [5.74, 6) is -0.840. The van der Waals surface area contributed by atoms with Gasteiger partial charge in [0.1, 0.15) is 11.7 Å². The van der Waals surface area contributed by atoms with E-state index in [2.05, 4.69) is 10.6 Å². The summed E-state index contributed by atoms with van der Waals surface area (Å²) < 4.78 is 41.3. The lowest BCUT2D eigenvalue weighted by molar-refractivity contribution is -0.183. The maximum absolute atomic E-state index is 13.3. The Bertz CT molecular complexity index is 612. The fraction of sp³-hybridized carbons (Fsp3) is 0.600. The zero-order chi connectivity index (χ0) is 17.9. The van der Waals surface area contributed by atoms with E-state index in [1.54, 1.807) is 7.05 Å². The smallest absolute Gasteiger partial charge is 0.349 e. The molecular formula is C15H22ClF3N4O2. The van der Waals surface area contributed by atoms with Crippen molar-refractivity contribution in [2.45, 2.75) is 19.1 Å². The highest BCUT2D eigenvalue weighted by Gasteiger charge is 2.43. The number of amides is 1. The molecule has 1 aromatic rings. The quantitative estimate of drug-likeness (QED) is 0.751. The second-order valence-electron chi connectivity index (χ2n) is 5.83. The summed E-state index contributed by atoms with van der Waals surface area (Å²) in [4.78, 5) is 24.8. The number of piperazine rings is 1. The van der Waals surface area contributed by atoms with Gasteiger partial charge in [-0.1, -0.05) is 0 Å². The summed E-state index contributed by atoms with van der Waals surface area (Å²) >= 11 is 0. The largest absolute Gasteiger partial charge is 0.405 e. The lowest BCUT2D eigenvalue weighted by Gasteiger charge is -2.35. The van der Waals surface area contributed by atoms with Crippen molar-refractivity contribution >= 4 is 24.1 Å². The average molecular weight is 383 g/mol. The van der Waals surface area contributed by atoms with Gasteiger partial charge in [0.25, 0.3) is 5.91 Å². The molecule has 1 aliphatic heterocycles. The number of carbonyl (C=O) groups is 2. The van der Waals surface area contributed by atoms with Crippen LogP contribution in [0.4, 0.5) is 13.2 Å².